The largest absolute Gasteiger partial charge is 0.373 e. The van der Waals surface area contributed by atoms with Crippen LogP contribution in [0.3, 0.4) is 0 Å². The molecule has 1 aliphatic heterocycles. The van der Waals surface area contributed by atoms with E-state index in [1.807, 2.05) is 11.3 Å². The minimum atomic E-state index is 0.205. The van der Waals surface area contributed by atoms with Crippen LogP contribution in [0.15, 0.2) is 146 Å². The lowest BCUT2D eigenvalue weighted by molar-refractivity contribution is 0.760. The first-order chi connectivity index (χ1) is 24.3. The number of rotatable bonds is 2. The topological polar surface area (TPSA) is 33.4 Å². The number of anilines is 2. The smallest absolute Gasteiger partial charge is 0.136 e. The Labute approximate surface area is 285 Å². The quantitative estimate of drug-likeness (QED) is 0.196. The predicted molar refractivity (Wildman–Crippen MR) is 209 cm³/mol. The molecule has 49 heavy (non-hydrogen) atoms. The second-order valence-corrected chi connectivity index (χ2v) is 14.5. The third-order valence-electron chi connectivity index (χ3n) is 10.9. The normalized spacial score (nSPS) is 17.1. The lowest BCUT2D eigenvalue weighted by atomic mass is 9.97. The zero-order valence-electron chi connectivity index (χ0n) is 26.3. The van der Waals surface area contributed by atoms with Gasteiger partial charge in [-0.25, -0.2) is 0 Å². The summed E-state index contributed by atoms with van der Waals surface area (Å²) in [6.45, 7) is 0. The van der Waals surface area contributed by atoms with Crippen molar-refractivity contribution in [2.45, 2.75) is 12.1 Å². The summed E-state index contributed by atoms with van der Waals surface area (Å²) in [5.41, 5.74) is 9.81. The molecule has 1 aliphatic carbocycles. The Kier molecular flexibility index (Phi) is 4.94. The Morgan fingerprint density at radius 1 is 0.510 bits per heavy atom. The Morgan fingerprint density at radius 2 is 1.20 bits per heavy atom. The molecule has 230 valence electrons. The van der Waals surface area contributed by atoms with E-state index in [1.54, 1.807) is 0 Å². The zero-order valence-corrected chi connectivity index (χ0v) is 27.1. The van der Waals surface area contributed by atoms with Crippen molar-refractivity contribution in [1.82, 2.24) is 8.97 Å². The lowest BCUT2D eigenvalue weighted by Crippen LogP contribution is -2.41. The van der Waals surface area contributed by atoms with Gasteiger partial charge in [0.25, 0.3) is 0 Å². The Balaban J connectivity index is 1.15. The van der Waals surface area contributed by atoms with Gasteiger partial charge < -0.3 is 15.2 Å². The van der Waals surface area contributed by atoms with Gasteiger partial charge in [0.15, 0.2) is 0 Å². The maximum Gasteiger partial charge on any atom is 0.136 e. The fourth-order valence-electron chi connectivity index (χ4n) is 8.76. The molecule has 0 amide bonds. The highest BCUT2D eigenvalue weighted by Crippen LogP contribution is 2.51. The first-order valence-corrected chi connectivity index (χ1v) is 17.8. The number of thiophene rings is 1. The van der Waals surface area contributed by atoms with Gasteiger partial charge >= 0.3 is 0 Å². The maximum absolute atomic E-state index is 3.93. The van der Waals surface area contributed by atoms with E-state index >= 15 is 0 Å². The Bertz CT molecular complexity index is 3060. The molecule has 0 fully saturated rings. The monoisotopic (exact) mass is 644 g/mol. The van der Waals surface area contributed by atoms with E-state index in [1.165, 1.54) is 91.7 Å². The van der Waals surface area contributed by atoms with Gasteiger partial charge in [0.1, 0.15) is 5.82 Å². The summed E-state index contributed by atoms with van der Waals surface area (Å²) >= 11 is 1.90. The number of fused-ring (bicyclic) bond motifs is 14. The molecule has 2 aliphatic rings. The van der Waals surface area contributed by atoms with E-state index in [-0.39, 0.29) is 12.1 Å². The number of nitrogens with zero attached hydrogens (tertiary/aromatic N) is 2. The van der Waals surface area contributed by atoms with Crippen LogP contribution in [-0.2, 0) is 0 Å². The van der Waals surface area contributed by atoms with Gasteiger partial charge in [-0.05, 0) is 65.7 Å². The van der Waals surface area contributed by atoms with Crippen LogP contribution in [0.4, 0.5) is 11.5 Å². The minimum Gasteiger partial charge on any atom is -0.373 e. The van der Waals surface area contributed by atoms with Crippen molar-refractivity contribution in [3.05, 3.63) is 146 Å². The van der Waals surface area contributed by atoms with Crippen LogP contribution in [0, 0.1) is 0 Å². The van der Waals surface area contributed by atoms with Gasteiger partial charge in [0.05, 0.1) is 39.8 Å². The molecular formula is C44H28N4S. The summed E-state index contributed by atoms with van der Waals surface area (Å²) in [4.78, 5) is 0. The molecule has 0 saturated heterocycles. The highest BCUT2D eigenvalue weighted by Gasteiger charge is 2.32. The number of hydrogen-bond donors (Lipinski definition) is 2. The summed E-state index contributed by atoms with van der Waals surface area (Å²) in [7, 11) is 0. The van der Waals surface area contributed by atoms with Crippen LogP contribution < -0.4 is 10.6 Å². The fraction of sp³-hybridized carbons (Fsp3) is 0.0455. The number of allylic oxidation sites excluding steroid dienone is 2. The third-order valence-corrected chi connectivity index (χ3v) is 12.0. The van der Waals surface area contributed by atoms with Gasteiger partial charge in [0, 0.05) is 52.8 Å². The summed E-state index contributed by atoms with van der Waals surface area (Å²) < 4.78 is 7.53. The number of benzene rings is 6. The summed E-state index contributed by atoms with van der Waals surface area (Å²) in [5, 5.41) is 17.0. The molecule has 10 aromatic rings. The van der Waals surface area contributed by atoms with Crippen LogP contribution in [0.25, 0.3) is 86.0 Å². The van der Waals surface area contributed by atoms with E-state index in [2.05, 4.69) is 165 Å². The van der Waals surface area contributed by atoms with Gasteiger partial charge in [0.2, 0.25) is 0 Å². The number of nitrogens with one attached hydrogen (secondary N) is 2. The van der Waals surface area contributed by atoms with Crippen molar-refractivity contribution in [3.63, 3.8) is 0 Å². The van der Waals surface area contributed by atoms with Crippen LogP contribution in [0.1, 0.15) is 0 Å². The van der Waals surface area contributed by atoms with Crippen LogP contribution in [0.2, 0.25) is 0 Å². The van der Waals surface area contributed by atoms with Gasteiger partial charge in [-0.1, -0.05) is 91.0 Å². The lowest BCUT2D eigenvalue weighted by Gasteiger charge is -2.33. The predicted octanol–water partition coefficient (Wildman–Crippen LogP) is 11.5. The average Bonchev–Trinajstić information content (AvgIpc) is 3.88. The Morgan fingerprint density at radius 3 is 2.06 bits per heavy atom. The standard InChI is InChI=1S/C44H28N4S/c1-2-10-27(11-3-1)47-35-16-8-4-12-28(35)30-22-25(18-20-36(30)47)26-19-21-37-31(23-26)41-40-29-13-5-9-17-38(29)49-39(40)24-32-42-44(48(37)43(32)41)46-34-15-7-6-14-33(34)45-42/h1-24,33-34,45-46H. The number of aromatic nitrogens is 2. The zero-order chi connectivity index (χ0) is 31.8. The average molecular weight is 645 g/mol. The SMILES string of the molecule is C1=CC2Nc3c(n4c5ccc(-c6ccc7c(c6)c6ccccc6n7-c6ccccc6)cc5c5c6c(cc3c54)sc3ccccc36)NC2C=C1. The molecule has 0 saturated carbocycles. The number of para-hydroxylation sites is 2. The molecule has 0 spiro atoms. The first-order valence-electron chi connectivity index (χ1n) is 16.9. The molecule has 0 bridgehead atoms. The van der Waals surface area contributed by atoms with Crippen molar-refractivity contribution in [1.29, 1.82) is 0 Å². The van der Waals surface area contributed by atoms with Crippen LogP contribution in [0.5, 0.6) is 0 Å². The summed E-state index contributed by atoms with van der Waals surface area (Å²) in [5.74, 6) is 1.15. The van der Waals surface area contributed by atoms with E-state index < -0.39 is 0 Å². The molecule has 4 nitrogen and oxygen atoms in total. The first kappa shape index (κ1) is 26.0. The van der Waals surface area contributed by atoms with Crippen molar-refractivity contribution in [2.75, 3.05) is 10.6 Å². The fourth-order valence-corrected chi connectivity index (χ4v) is 9.92. The molecule has 2 unspecified atom stereocenters. The Hall–Kier alpha value is -6.04. The minimum absolute atomic E-state index is 0.205. The van der Waals surface area contributed by atoms with E-state index in [4.69, 9.17) is 0 Å². The van der Waals surface area contributed by atoms with Gasteiger partial charge in [-0.15, -0.1) is 11.3 Å². The van der Waals surface area contributed by atoms with Crippen molar-refractivity contribution in [2.24, 2.45) is 0 Å². The van der Waals surface area contributed by atoms with Crippen molar-refractivity contribution < 1.29 is 0 Å². The highest BCUT2D eigenvalue weighted by atomic mass is 32.1. The molecule has 2 N–H and O–H groups in total. The molecule has 6 aromatic carbocycles. The van der Waals surface area contributed by atoms with E-state index in [9.17, 15) is 0 Å². The maximum atomic E-state index is 3.93. The molecule has 5 heterocycles. The molecule has 4 aromatic heterocycles. The summed E-state index contributed by atoms with van der Waals surface area (Å²) in [6, 6.07) is 45.3. The van der Waals surface area contributed by atoms with Gasteiger partial charge in [-0.2, -0.15) is 0 Å². The number of hydrogen-bond acceptors (Lipinski definition) is 3. The molecule has 5 heteroatoms. The van der Waals surface area contributed by atoms with Crippen molar-refractivity contribution >= 4 is 92.0 Å². The molecule has 0 radical (unpaired) electrons. The van der Waals surface area contributed by atoms with Crippen LogP contribution >= 0.6 is 11.3 Å². The molecule has 12 rings (SSSR count). The third kappa shape index (κ3) is 3.37. The van der Waals surface area contributed by atoms with Crippen molar-refractivity contribution in [3.8, 4) is 16.8 Å². The van der Waals surface area contributed by atoms with Crippen LogP contribution in [-0.4, -0.2) is 21.1 Å². The molecule has 2 atom stereocenters. The summed E-state index contributed by atoms with van der Waals surface area (Å²) in [6.07, 6.45) is 8.83. The van der Waals surface area contributed by atoms with E-state index in [0.717, 1.165) is 5.82 Å². The van der Waals surface area contributed by atoms with E-state index in [0.29, 0.717) is 0 Å². The second kappa shape index (κ2) is 9.31. The van der Waals surface area contributed by atoms with Gasteiger partial charge in [-0.3, -0.25) is 4.40 Å². The second-order valence-electron chi connectivity index (χ2n) is 13.4. The highest BCUT2D eigenvalue weighted by molar-refractivity contribution is 7.26. The molecular weight excluding hydrogens is 617 g/mol.